The maximum absolute atomic E-state index is 13.0. The van der Waals surface area contributed by atoms with Crippen LogP contribution < -0.4 is 0 Å². The van der Waals surface area contributed by atoms with Gasteiger partial charge in [0.15, 0.2) is 0 Å². The number of pyridine rings is 1. The second-order valence-electron chi connectivity index (χ2n) is 6.10. The highest BCUT2D eigenvalue weighted by Crippen LogP contribution is 2.30. The summed E-state index contributed by atoms with van der Waals surface area (Å²) < 4.78 is 13.0. The van der Waals surface area contributed by atoms with E-state index >= 15 is 0 Å². The normalized spacial score (nSPS) is 16.0. The number of aliphatic hydroxyl groups is 1. The van der Waals surface area contributed by atoms with E-state index < -0.39 is 6.10 Å². The minimum atomic E-state index is -0.598. The zero-order valence-electron chi connectivity index (χ0n) is 12.7. The minimum Gasteiger partial charge on any atom is -0.387 e. The molecular weight excluding hydrogens is 279 g/mol. The molecule has 1 aromatic carbocycles. The molecule has 1 heterocycles. The summed E-state index contributed by atoms with van der Waals surface area (Å²) in [6.45, 7) is 3.38. The first-order valence-corrected chi connectivity index (χ1v) is 7.70. The topological polar surface area (TPSA) is 36.4 Å². The predicted octanol–water partition coefficient (Wildman–Crippen LogP) is 3.23. The largest absolute Gasteiger partial charge is 0.387 e. The van der Waals surface area contributed by atoms with Gasteiger partial charge in [-0.25, -0.2) is 4.39 Å². The van der Waals surface area contributed by atoms with Gasteiger partial charge < -0.3 is 5.11 Å². The number of aryl methyl sites for hydroxylation is 1. The summed E-state index contributed by atoms with van der Waals surface area (Å²) in [4.78, 5) is 6.53. The first-order chi connectivity index (χ1) is 10.6. The molecule has 0 saturated heterocycles. The molecule has 2 aromatic rings. The van der Waals surface area contributed by atoms with E-state index in [1.165, 1.54) is 30.5 Å². The van der Waals surface area contributed by atoms with E-state index in [1.807, 2.05) is 19.3 Å². The van der Waals surface area contributed by atoms with Crippen molar-refractivity contribution in [2.45, 2.75) is 38.5 Å². The Morgan fingerprint density at radius 1 is 1.27 bits per heavy atom. The SMILES string of the molecule is Cc1cncc(CN(CC(O)c2ccc(F)cc2)C2CC2)c1. The van der Waals surface area contributed by atoms with Crippen LogP contribution >= 0.6 is 0 Å². The van der Waals surface area contributed by atoms with Crippen molar-refractivity contribution in [2.75, 3.05) is 6.54 Å². The highest BCUT2D eigenvalue weighted by atomic mass is 19.1. The summed E-state index contributed by atoms with van der Waals surface area (Å²) in [7, 11) is 0. The van der Waals surface area contributed by atoms with Crippen molar-refractivity contribution in [3.63, 3.8) is 0 Å². The van der Waals surface area contributed by atoms with Crippen LogP contribution in [0.2, 0.25) is 0 Å². The molecule has 4 heteroatoms. The van der Waals surface area contributed by atoms with Crippen LogP contribution in [0.1, 0.15) is 35.6 Å². The van der Waals surface area contributed by atoms with Crippen LogP contribution in [0.25, 0.3) is 0 Å². The molecule has 116 valence electrons. The average molecular weight is 300 g/mol. The van der Waals surface area contributed by atoms with Crippen molar-refractivity contribution >= 4 is 0 Å². The Labute approximate surface area is 130 Å². The molecule has 3 rings (SSSR count). The molecule has 0 bridgehead atoms. The molecule has 1 saturated carbocycles. The third kappa shape index (κ3) is 3.90. The van der Waals surface area contributed by atoms with E-state index in [-0.39, 0.29) is 5.82 Å². The molecule has 22 heavy (non-hydrogen) atoms. The maximum Gasteiger partial charge on any atom is 0.123 e. The second kappa shape index (κ2) is 6.55. The number of nitrogens with zero attached hydrogens (tertiary/aromatic N) is 2. The van der Waals surface area contributed by atoms with Crippen LogP contribution in [-0.2, 0) is 6.54 Å². The van der Waals surface area contributed by atoms with Gasteiger partial charge in [0.05, 0.1) is 6.10 Å². The van der Waals surface area contributed by atoms with Gasteiger partial charge >= 0.3 is 0 Å². The third-order valence-corrected chi connectivity index (χ3v) is 4.04. The number of halogens is 1. The summed E-state index contributed by atoms with van der Waals surface area (Å²) in [6.07, 6.45) is 5.48. The number of aromatic nitrogens is 1. The number of hydrogen-bond acceptors (Lipinski definition) is 3. The van der Waals surface area contributed by atoms with Gasteiger partial charge in [-0.15, -0.1) is 0 Å². The van der Waals surface area contributed by atoms with E-state index in [0.717, 1.165) is 17.7 Å². The highest BCUT2D eigenvalue weighted by Gasteiger charge is 2.30. The van der Waals surface area contributed by atoms with Crippen LogP contribution in [0, 0.1) is 12.7 Å². The predicted molar refractivity (Wildman–Crippen MR) is 83.8 cm³/mol. The van der Waals surface area contributed by atoms with E-state index in [2.05, 4.69) is 16.0 Å². The van der Waals surface area contributed by atoms with Gasteiger partial charge in [0.2, 0.25) is 0 Å². The molecule has 1 aromatic heterocycles. The first kappa shape index (κ1) is 15.1. The summed E-state index contributed by atoms with van der Waals surface area (Å²) >= 11 is 0. The van der Waals surface area contributed by atoms with Crippen molar-refractivity contribution in [3.05, 3.63) is 65.2 Å². The van der Waals surface area contributed by atoms with Crippen molar-refractivity contribution < 1.29 is 9.50 Å². The quantitative estimate of drug-likeness (QED) is 0.890. The Hall–Kier alpha value is -1.78. The van der Waals surface area contributed by atoms with Crippen molar-refractivity contribution in [2.24, 2.45) is 0 Å². The molecule has 1 aliphatic carbocycles. The van der Waals surface area contributed by atoms with Crippen molar-refractivity contribution in [1.29, 1.82) is 0 Å². The zero-order chi connectivity index (χ0) is 15.5. The molecule has 0 aliphatic heterocycles. The van der Waals surface area contributed by atoms with Crippen molar-refractivity contribution in [3.8, 4) is 0 Å². The average Bonchev–Trinajstić information content (AvgIpc) is 3.32. The van der Waals surface area contributed by atoms with Gasteiger partial charge in [0.1, 0.15) is 5.82 Å². The van der Waals surface area contributed by atoms with E-state index in [4.69, 9.17) is 0 Å². The smallest absolute Gasteiger partial charge is 0.123 e. The molecule has 3 nitrogen and oxygen atoms in total. The standard InChI is InChI=1S/C18H21FN2O/c1-13-8-14(10-20-9-13)11-21(17-6-7-17)12-18(22)15-2-4-16(19)5-3-15/h2-5,8-10,17-18,22H,6-7,11-12H2,1H3. The summed E-state index contributed by atoms with van der Waals surface area (Å²) in [6, 6.07) is 8.76. The lowest BCUT2D eigenvalue weighted by Gasteiger charge is -2.25. The number of aliphatic hydroxyl groups excluding tert-OH is 1. The van der Waals surface area contributed by atoms with Gasteiger partial charge in [-0.2, -0.15) is 0 Å². The summed E-state index contributed by atoms with van der Waals surface area (Å²) in [5.74, 6) is -0.277. The van der Waals surface area contributed by atoms with Gasteiger partial charge in [0.25, 0.3) is 0 Å². The van der Waals surface area contributed by atoms with E-state index in [0.29, 0.717) is 12.6 Å². The van der Waals surface area contributed by atoms with Crippen LogP contribution in [-0.4, -0.2) is 27.6 Å². The van der Waals surface area contributed by atoms with Gasteiger partial charge in [-0.05, 0) is 48.6 Å². The zero-order valence-corrected chi connectivity index (χ0v) is 12.7. The number of hydrogen-bond donors (Lipinski definition) is 1. The fraction of sp³-hybridized carbons (Fsp3) is 0.389. The molecule has 1 N–H and O–H groups in total. The third-order valence-electron chi connectivity index (χ3n) is 4.04. The van der Waals surface area contributed by atoms with E-state index in [1.54, 1.807) is 12.1 Å². The molecule has 0 spiro atoms. The lowest BCUT2D eigenvalue weighted by molar-refractivity contribution is 0.104. The fourth-order valence-electron chi connectivity index (χ4n) is 2.73. The highest BCUT2D eigenvalue weighted by molar-refractivity contribution is 5.20. The van der Waals surface area contributed by atoms with Gasteiger partial charge in [-0.3, -0.25) is 9.88 Å². The molecule has 1 aliphatic rings. The van der Waals surface area contributed by atoms with E-state index in [9.17, 15) is 9.50 Å². The molecule has 1 fully saturated rings. The maximum atomic E-state index is 13.0. The monoisotopic (exact) mass is 300 g/mol. The summed E-state index contributed by atoms with van der Waals surface area (Å²) in [5, 5.41) is 10.4. The Morgan fingerprint density at radius 3 is 2.64 bits per heavy atom. The summed E-state index contributed by atoms with van der Waals surface area (Å²) in [5.41, 5.74) is 3.07. The van der Waals surface area contributed by atoms with Crippen LogP contribution in [0.15, 0.2) is 42.7 Å². The van der Waals surface area contributed by atoms with Crippen LogP contribution in [0.4, 0.5) is 4.39 Å². The first-order valence-electron chi connectivity index (χ1n) is 7.70. The molecular formula is C18H21FN2O. The minimum absolute atomic E-state index is 0.277. The number of benzene rings is 1. The fourth-order valence-corrected chi connectivity index (χ4v) is 2.73. The van der Waals surface area contributed by atoms with Gasteiger partial charge in [-0.1, -0.05) is 18.2 Å². The Kier molecular flexibility index (Phi) is 4.50. The lowest BCUT2D eigenvalue weighted by atomic mass is 10.1. The Morgan fingerprint density at radius 2 is 2.00 bits per heavy atom. The molecule has 0 amide bonds. The Bertz CT molecular complexity index is 625. The van der Waals surface area contributed by atoms with Crippen molar-refractivity contribution in [1.82, 2.24) is 9.88 Å². The Balaban J connectivity index is 1.68. The van der Waals surface area contributed by atoms with Crippen LogP contribution in [0.3, 0.4) is 0 Å². The van der Waals surface area contributed by atoms with Crippen LogP contribution in [0.5, 0.6) is 0 Å². The molecule has 0 radical (unpaired) electrons. The molecule has 1 atom stereocenters. The number of rotatable bonds is 6. The lowest BCUT2D eigenvalue weighted by Crippen LogP contribution is -2.30. The second-order valence-corrected chi connectivity index (χ2v) is 6.10. The molecule has 1 unspecified atom stereocenters. The van der Waals surface area contributed by atoms with Gasteiger partial charge in [0, 0.05) is 31.5 Å².